The van der Waals surface area contributed by atoms with Gasteiger partial charge in [-0.1, -0.05) is 55.8 Å². The van der Waals surface area contributed by atoms with Crippen molar-refractivity contribution in [1.82, 2.24) is 20.1 Å². The van der Waals surface area contributed by atoms with Gasteiger partial charge in [0.25, 0.3) is 0 Å². The lowest BCUT2D eigenvalue weighted by Crippen LogP contribution is -2.41. The van der Waals surface area contributed by atoms with Crippen molar-refractivity contribution in [2.45, 2.75) is 70.8 Å². The lowest BCUT2D eigenvalue weighted by atomic mass is 9.86. The highest BCUT2D eigenvalue weighted by Gasteiger charge is 2.23. The molecule has 1 N–H and O–H groups in total. The molecule has 0 unspecified atom stereocenters. The van der Waals surface area contributed by atoms with Gasteiger partial charge < -0.3 is 10.1 Å². The number of carbonyl (C=O) groups is 1. The highest BCUT2D eigenvalue weighted by atomic mass is 32.2. The third-order valence-corrected chi connectivity index (χ3v) is 6.62. The Bertz CT molecular complexity index is 860. The molecule has 162 valence electrons. The largest absolute Gasteiger partial charge is 0.485 e. The van der Waals surface area contributed by atoms with E-state index in [9.17, 15) is 4.79 Å². The summed E-state index contributed by atoms with van der Waals surface area (Å²) in [6.07, 6.45) is 6.53. The number of carbonyl (C=O) groups excluding carboxylic acids is 1. The molecule has 1 saturated carbocycles. The Balaban J connectivity index is 1.61. The van der Waals surface area contributed by atoms with Crippen molar-refractivity contribution in [2.75, 3.05) is 5.75 Å². The number of nitrogens with one attached hydrogen (secondary N) is 1. The number of allylic oxidation sites excluding steroid dienone is 1. The molecule has 7 heteroatoms. The highest BCUT2D eigenvalue weighted by Crippen LogP contribution is 2.25. The number of amides is 1. The molecule has 30 heavy (non-hydrogen) atoms. The molecule has 1 aromatic heterocycles. The van der Waals surface area contributed by atoms with Gasteiger partial charge in [-0.3, -0.25) is 9.36 Å². The van der Waals surface area contributed by atoms with Crippen LogP contribution in [0, 0.1) is 19.8 Å². The number of hydrogen-bond donors (Lipinski definition) is 1. The molecule has 2 atom stereocenters. The zero-order valence-electron chi connectivity index (χ0n) is 18.2. The third-order valence-electron chi connectivity index (χ3n) is 5.65. The van der Waals surface area contributed by atoms with Gasteiger partial charge in [-0.05, 0) is 43.7 Å². The summed E-state index contributed by atoms with van der Waals surface area (Å²) in [5, 5.41) is 12.5. The van der Waals surface area contributed by atoms with Crippen LogP contribution in [-0.2, 0) is 17.9 Å². The zero-order valence-corrected chi connectivity index (χ0v) is 19.0. The van der Waals surface area contributed by atoms with Crippen molar-refractivity contribution >= 4 is 17.7 Å². The quantitative estimate of drug-likeness (QED) is 0.472. The van der Waals surface area contributed by atoms with E-state index in [-0.39, 0.29) is 5.91 Å². The van der Waals surface area contributed by atoms with Crippen LogP contribution in [0.2, 0.25) is 0 Å². The lowest BCUT2D eigenvalue weighted by molar-refractivity contribution is -0.119. The smallest absolute Gasteiger partial charge is 0.230 e. The summed E-state index contributed by atoms with van der Waals surface area (Å²) in [6, 6.07) is 6.37. The van der Waals surface area contributed by atoms with Crippen LogP contribution >= 0.6 is 11.8 Å². The molecule has 2 aromatic rings. The molecule has 1 aliphatic rings. The minimum Gasteiger partial charge on any atom is -0.485 e. The maximum Gasteiger partial charge on any atom is 0.230 e. The fraction of sp³-hybridized carbons (Fsp3) is 0.522. The first-order valence-electron chi connectivity index (χ1n) is 10.6. The first-order valence-corrected chi connectivity index (χ1v) is 11.6. The number of para-hydroxylation sites is 1. The second kappa shape index (κ2) is 10.7. The Labute approximate surface area is 183 Å². The number of thioether (sulfide) groups is 1. The van der Waals surface area contributed by atoms with E-state index in [0.29, 0.717) is 36.0 Å². The van der Waals surface area contributed by atoms with E-state index in [2.05, 4.69) is 29.0 Å². The molecule has 0 radical (unpaired) electrons. The number of aryl methyl sites for hydroxylation is 2. The van der Waals surface area contributed by atoms with Gasteiger partial charge in [0.15, 0.2) is 11.0 Å². The molecule has 1 fully saturated rings. The number of nitrogens with zero attached hydrogens (tertiary/aromatic N) is 3. The van der Waals surface area contributed by atoms with Crippen LogP contribution in [0.3, 0.4) is 0 Å². The van der Waals surface area contributed by atoms with Gasteiger partial charge in [0.1, 0.15) is 12.4 Å². The van der Waals surface area contributed by atoms with Gasteiger partial charge in [0.05, 0.1) is 5.75 Å². The summed E-state index contributed by atoms with van der Waals surface area (Å²) < 4.78 is 8.01. The molecular weight excluding hydrogens is 396 g/mol. The number of hydrogen-bond acceptors (Lipinski definition) is 5. The van der Waals surface area contributed by atoms with Crippen molar-refractivity contribution in [3.63, 3.8) is 0 Å². The normalized spacial score (nSPS) is 18.8. The molecule has 1 aromatic carbocycles. The van der Waals surface area contributed by atoms with Gasteiger partial charge in [-0.15, -0.1) is 16.8 Å². The van der Waals surface area contributed by atoms with Crippen LogP contribution in [0.5, 0.6) is 5.75 Å². The number of benzene rings is 1. The van der Waals surface area contributed by atoms with Crippen LogP contribution in [0.25, 0.3) is 0 Å². The summed E-state index contributed by atoms with van der Waals surface area (Å²) >= 11 is 1.41. The van der Waals surface area contributed by atoms with E-state index in [1.54, 1.807) is 6.08 Å². The van der Waals surface area contributed by atoms with Gasteiger partial charge in [-0.25, -0.2) is 0 Å². The maximum atomic E-state index is 12.5. The first kappa shape index (κ1) is 22.4. The third kappa shape index (κ3) is 5.65. The Kier molecular flexibility index (Phi) is 7.96. The fourth-order valence-corrected chi connectivity index (χ4v) is 4.70. The van der Waals surface area contributed by atoms with Gasteiger partial charge in [-0.2, -0.15) is 0 Å². The summed E-state index contributed by atoms with van der Waals surface area (Å²) in [6.45, 7) is 11.0. The monoisotopic (exact) mass is 428 g/mol. The Morgan fingerprint density at radius 1 is 1.30 bits per heavy atom. The van der Waals surface area contributed by atoms with Crippen molar-refractivity contribution in [3.05, 3.63) is 47.8 Å². The van der Waals surface area contributed by atoms with Crippen molar-refractivity contribution in [2.24, 2.45) is 5.92 Å². The van der Waals surface area contributed by atoms with Crippen molar-refractivity contribution in [3.8, 4) is 5.75 Å². The number of rotatable bonds is 9. The van der Waals surface area contributed by atoms with Crippen LogP contribution in [0.1, 0.15) is 49.6 Å². The minimum absolute atomic E-state index is 0.0558. The second-order valence-corrected chi connectivity index (χ2v) is 8.97. The average Bonchev–Trinajstić information content (AvgIpc) is 3.10. The molecule has 6 nitrogen and oxygen atoms in total. The molecule has 1 aliphatic carbocycles. The topological polar surface area (TPSA) is 69.0 Å². The summed E-state index contributed by atoms with van der Waals surface area (Å²) in [5.41, 5.74) is 2.18. The molecule has 3 rings (SSSR count). The van der Waals surface area contributed by atoms with Crippen LogP contribution in [0.15, 0.2) is 36.0 Å². The van der Waals surface area contributed by atoms with Gasteiger partial charge in [0, 0.05) is 12.6 Å². The SMILES string of the molecule is C=CCn1c(COc2c(C)cccc2C)nnc1SCC(=O)N[C@@H]1CCCC[C@@H]1C. The van der Waals surface area contributed by atoms with Gasteiger partial charge in [0.2, 0.25) is 5.91 Å². The molecule has 1 heterocycles. The minimum atomic E-state index is 0.0558. The molecular formula is C23H32N4O2S. The predicted molar refractivity (Wildman–Crippen MR) is 121 cm³/mol. The standard InChI is InChI=1S/C23H32N4O2S/c1-5-13-27-20(14-29-22-17(3)10-8-11-18(22)4)25-26-23(27)30-15-21(28)24-19-12-7-6-9-16(19)2/h5,8,10-11,16,19H,1,6-7,9,12-15H2,2-4H3,(H,24,28)/t16-,19+/m0/s1. The Hall–Kier alpha value is -2.28. The second-order valence-electron chi connectivity index (χ2n) is 8.03. The predicted octanol–water partition coefficient (Wildman–Crippen LogP) is 4.45. The number of aromatic nitrogens is 3. The van der Waals surface area contributed by atoms with E-state index in [4.69, 9.17) is 4.74 Å². The van der Waals surface area contributed by atoms with E-state index in [1.807, 2.05) is 36.6 Å². The van der Waals surface area contributed by atoms with Gasteiger partial charge >= 0.3 is 0 Å². The van der Waals surface area contributed by atoms with E-state index >= 15 is 0 Å². The molecule has 0 aliphatic heterocycles. The van der Waals surface area contributed by atoms with Crippen LogP contribution in [0.4, 0.5) is 0 Å². The average molecular weight is 429 g/mol. The summed E-state index contributed by atoms with van der Waals surface area (Å²) in [4.78, 5) is 12.5. The lowest BCUT2D eigenvalue weighted by Gasteiger charge is -2.29. The van der Waals surface area contributed by atoms with Crippen molar-refractivity contribution < 1.29 is 9.53 Å². The van der Waals surface area contributed by atoms with Crippen molar-refractivity contribution in [1.29, 1.82) is 0 Å². The maximum absolute atomic E-state index is 12.5. The zero-order chi connectivity index (χ0) is 21.5. The molecule has 1 amide bonds. The van der Waals surface area contributed by atoms with E-state index in [1.165, 1.54) is 31.0 Å². The first-order chi connectivity index (χ1) is 14.5. The Morgan fingerprint density at radius 2 is 2.03 bits per heavy atom. The fourth-order valence-electron chi connectivity index (χ4n) is 3.92. The van der Waals surface area contributed by atoms with Crippen LogP contribution < -0.4 is 10.1 Å². The molecule has 0 bridgehead atoms. The summed E-state index contributed by atoms with van der Waals surface area (Å²) in [7, 11) is 0. The molecule has 0 spiro atoms. The van der Waals surface area contributed by atoms with E-state index < -0.39 is 0 Å². The van der Waals surface area contributed by atoms with Crippen LogP contribution in [-0.4, -0.2) is 32.5 Å². The highest BCUT2D eigenvalue weighted by molar-refractivity contribution is 7.99. The van der Waals surface area contributed by atoms with E-state index in [0.717, 1.165) is 29.1 Å². The summed E-state index contributed by atoms with van der Waals surface area (Å²) in [5.74, 6) is 2.53. The molecule has 0 saturated heterocycles. The number of ether oxygens (including phenoxy) is 1. The Morgan fingerprint density at radius 3 is 2.73 bits per heavy atom.